The van der Waals surface area contributed by atoms with Crippen molar-refractivity contribution >= 4 is 11.7 Å². The highest BCUT2D eigenvalue weighted by atomic mass is 19.1. The smallest absolute Gasteiger partial charge is 0.350 e. The highest BCUT2D eigenvalue weighted by Crippen LogP contribution is 2.43. The van der Waals surface area contributed by atoms with Gasteiger partial charge in [-0.3, -0.25) is 10.1 Å². The van der Waals surface area contributed by atoms with E-state index in [4.69, 9.17) is 9.47 Å². The molecule has 1 fully saturated rings. The molecule has 7 heteroatoms. The molecule has 102 valence electrons. The van der Waals surface area contributed by atoms with Gasteiger partial charge in [0.2, 0.25) is 11.4 Å². The molecule has 1 aromatic rings. The molecule has 1 saturated carbocycles. The first-order chi connectivity index (χ1) is 8.98. The molecule has 0 amide bonds. The molecule has 0 aromatic heterocycles. The zero-order valence-corrected chi connectivity index (χ0v) is 10.2. The molecule has 0 atom stereocenters. The van der Waals surface area contributed by atoms with Crippen LogP contribution < -0.4 is 4.74 Å². The summed E-state index contributed by atoms with van der Waals surface area (Å²) in [5.41, 5.74) is -1.58. The summed E-state index contributed by atoms with van der Waals surface area (Å²) in [7, 11) is 0. The number of halogens is 1. The number of hydrogen-bond donors (Lipinski definition) is 0. The Morgan fingerprint density at radius 3 is 2.74 bits per heavy atom. The van der Waals surface area contributed by atoms with Crippen molar-refractivity contribution in [3.8, 4) is 5.75 Å². The van der Waals surface area contributed by atoms with Gasteiger partial charge in [0.05, 0.1) is 11.5 Å². The van der Waals surface area contributed by atoms with E-state index in [9.17, 15) is 19.3 Å². The average Bonchev–Trinajstić information content (AvgIpc) is 3.10. The largest absolute Gasteiger partial charge is 0.468 e. The lowest BCUT2D eigenvalue weighted by Gasteiger charge is -2.16. The van der Waals surface area contributed by atoms with Gasteiger partial charge in [-0.05, 0) is 13.0 Å². The Bertz CT molecular complexity index is 527. The lowest BCUT2D eigenvalue weighted by Crippen LogP contribution is -2.31. The van der Waals surface area contributed by atoms with Gasteiger partial charge in [0.25, 0.3) is 0 Å². The quantitative estimate of drug-likeness (QED) is 0.465. The van der Waals surface area contributed by atoms with Crippen molar-refractivity contribution in [1.82, 2.24) is 0 Å². The van der Waals surface area contributed by atoms with Gasteiger partial charge in [0.1, 0.15) is 5.82 Å². The van der Waals surface area contributed by atoms with Gasteiger partial charge in [0, 0.05) is 25.0 Å². The topological polar surface area (TPSA) is 78.7 Å². The minimum Gasteiger partial charge on any atom is -0.468 e. The van der Waals surface area contributed by atoms with Gasteiger partial charge in [-0.2, -0.15) is 0 Å². The van der Waals surface area contributed by atoms with Crippen molar-refractivity contribution in [3.63, 3.8) is 0 Å². The van der Waals surface area contributed by atoms with Gasteiger partial charge in [-0.15, -0.1) is 0 Å². The number of ether oxygens (including phenoxy) is 2. The van der Waals surface area contributed by atoms with Gasteiger partial charge in [0.15, 0.2) is 0 Å². The number of carbonyl (C=O) groups is 1. The molecular weight excluding hydrogens is 257 g/mol. The fraction of sp³-hybridized carbons (Fsp3) is 0.417. The van der Waals surface area contributed by atoms with Crippen LogP contribution in [0.1, 0.15) is 19.8 Å². The maximum Gasteiger partial charge on any atom is 0.350 e. The first-order valence-corrected chi connectivity index (χ1v) is 5.79. The van der Waals surface area contributed by atoms with E-state index in [-0.39, 0.29) is 18.0 Å². The molecule has 0 spiro atoms. The van der Waals surface area contributed by atoms with E-state index in [1.54, 1.807) is 6.92 Å². The molecule has 0 bridgehead atoms. The third kappa shape index (κ3) is 2.64. The van der Waals surface area contributed by atoms with Gasteiger partial charge < -0.3 is 9.47 Å². The van der Waals surface area contributed by atoms with E-state index in [0.29, 0.717) is 12.8 Å². The summed E-state index contributed by atoms with van der Waals surface area (Å²) in [6.07, 6.45) is 0.805. The Morgan fingerprint density at radius 1 is 1.53 bits per heavy atom. The number of esters is 1. The molecule has 0 heterocycles. The summed E-state index contributed by atoms with van der Waals surface area (Å²) in [5, 5.41) is 10.8. The third-order valence-electron chi connectivity index (χ3n) is 2.78. The highest BCUT2D eigenvalue weighted by Gasteiger charge is 2.55. The molecule has 1 aliphatic rings. The number of benzene rings is 1. The Labute approximate surface area is 108 Å². The van der Waals surface area contributed by atoms with Gasteiger partial charge in [-0.25, -0.2) is 9.18 Å². The van der Waals surface area contributed by atoms with E-state index < -0.39 is 22.3 Å². The highest BCUT2D eigenvalue weighted by molar-refractivity contribution is 5.83. The fourth-order valence-electron chi connectivity index (χ4n) is 1.66. The summed E-state index contributed by atoms with van der Waals surface area (Å²) in [4.78, 5) is 21.8. The van der Waals surface area contributed by atoms with Gasteiger partial charge >= 0.3 is 11.7 Å². The monoisotopic (exact) mass is 269 g/mol. The number of carbonyl (C=O) groups excluding carboxylic acids is 1. The predicted molar refractivity (Wildman–Crippen MR) is 62.3 cm³/mol. The molecule has 1 aliphatic carbocycles. The van der Waals surface area contributed by atoms with Gasteiger partial charge in [-0.1, -0.05) is 0 Å². The van der Waals surface area contributed by atoms with E-state index in [1.807, 2.05) is 0 Å². The first kappa shape index (κ1) is 13.3. The predicted octanol–water partition coefficient (Wildman–Crippen LogP) is 2.21. The molecular formula is C12H12FNO5. The Balaban J connectivity index is 2.26. The summed E-state index contributed by atoms with van der Waals surface area (Å²) < 4.78 is 23.3. The summed E-state index contributed by atoms with van der Waals surface area (Å²) >= 11 is 0. The third-order valence-corrected chi connectivity index (χ3v) is 2.78. The number of nitro benzene ring substituents is 1. The van der Waals surface area contributed by atoms with Crippen molar-refractivity contribution in [2.24, 2.45) is 0 Å². The number of nitrogens with zero attached hydrogens (tertiary/aromatic N) is 1. The molecule has 19 heavy (non-hydrogen) atoms. The van der Waals surface area contributed by atoms with Crippen molar-refractivity contribution in [2.75, 3.05) is 6.61 Å². The van der Waals surface area contributed by atoms with E-state index >= 15 is 0 Å². The standard InChI is InChI=1S/C12H12FNO5/c1-2-18-11(15)12(5-6-12)19-10-7-8(13)3-4-9(10)14(16)17/h3-4,7H,2,5-6H2,1H3. The zero-order valence-electron chi connectivity index (χ0n) is 10.2. The lowest BCUT2D eigenvalue weighted by molar-refractivity contribution is -0.386. The normalized spacial score (nSPS) is 15.7. The number of hydrogen-bond acceptors (Lipinski definition) is 5. The maximum absolute atomic E-state index is 13.1. The molecule has 0 radical (unpaired) electrons. The molecule has 1 aromatic carbocycles. The lowest BCUT2D eigenvalue weighted by atomic mass is 10.2. The minimum atomic E-state index is -1.20. The van der Waals surface area contributed by atoms with Crippen LogP contribution in [0.15, 0.2) is 18.2 Å². The van der Waals surface area contributed by atoms with Crippen molar-refractivity contribution in [2.45, 2.75) is 25.4 Å². The van der Waals surface area contributed by atoms with E-state index in [0.717, 1.165) is 18.2 Å². The van der Waals surface area contributed by atoms with Crippen LogP contribution in [-0.4, -0.2) is 23.1 Å². The molecule has 6 nitrogen and oxygen atoms in total. The summed E-state index contributed by atoms with van der Waals surface area (Å²) in [5.74, 6) is -1.50. The molecule has 2 rings (SSSR count). The van der Waals surface area contributed by atoms with Crippen molar-refractivity contribution in [1.29, 1.82) is 0 Å². The fourth-order valence-corrected chi connectivity index (χ4v) is 1.66. The van der Waals surface area contributed by atoms with E-state index in [1.165, 1.54) is 0 Å². The van der Waals surface area contributed by atoms with Crippen LogP contribution in [0.25, 0.3) is 0 Å². The molecule has 0 N–H and O–H groups in total. The van der Waals surface area contributed by atoms with Crippen molar-refractivity contribution < 1.29 is 23.6 Å². The first-order valence-electron chi connectivity index (χ1n) is 5.79. The second-order valence-corrected chi connectivity index (χ2v) is 4.19. The summed E-state index contributed by atoms with van der Waals surface area (Å²) in [6, 6.07) is 2.87. The van der Waals surface area contributed by atoms with Crippen LogP contribution in [0.2, 0.25) is 0 Å². The van der Waals surface area contributed by atoms with Crippen LogP contribution in [0.3, 0.4) is 0 Å². The Kier molecular flexibility index (Phi) is 3.37. The number of rotatable bonds is 5. The van der Waals surface area contributed by atoms with Crippen LogP contribution in [0.4, 0.5) is 10.1 Å². The minimum absolute atomic E-state index is 0.190. The second kappa shape index (κ2) is 4.83. The number of nitro groups is 1. The van der Waals surface area contributed by atoms with Crippen LogP contribution >= 0.6 is 0 Å². The van der Waals surface area contributed by atoms with Crippen LogP contribution in [0, 0.1) is 15.9 Å². The van der Waals surface area contributed by atoms with Crippen LogP contribution in [0.5, 0.6) is 5.75 Å². The zero-order chi connectivity index (χ0) is 14.0. The van der Waals surface area contributed by atoms with Crippen LogP contribution in [-0.2, 0) is 9.53 Å². The Hall–Kier alpha value is -2.18. The molecule has 0 unspecified atom stereocenters. The molecule has 0 aliphatic heterocycles. The Morgan fingerprint density at radius 2 is 2.21 bits per heavy atom. The SMILES string of the molecule is CCOC(=O)C1(Oc2cc(F)ccc2[N+](=O)[O-])CC1. The summed E-state index contributed by atoms with van der Waals surface area (Å²) in [6.45, 7) is 1.84. The maximum atomic E-state index is 13.1. The van der Waals surface area contributed by atoms with E-state index in [2.05, 4.69) is 0 Å². The molecule has 0 saturated heterocycles. The second-order valence-electron chi connectivity index (χ2n) is 4.19. The van der Waals surface area contributed by atoms with Crippen molar-refractivity contribution in [3.05, 3.63) is 34.1 Å². The average molecular weight is 269 g/mol.